The van der Waals surface area contributed by atoms with Crippen LogP contribution in [0.4, 0.5) is 4.79 Å². The summed E-state index contributed by atoms with van der Waals surface area (Å²) < 4.78 is 7.68. The molecule has 0 fully saturated rings. The molecule has 2 aromatic rings. The van der Waals surface area contributed by atoms with Gasteiger partial charge < -0.3 is 4.74 Å². The third-order valence-electron chi connectivity index (χ3n) is 3.66. The first-order valence-electron chi connectivity index (χ1n) is 6.91. The fourth-order valence-electron chi connectivity index (χ4n) is 2.79. The van der Waals surface area contributed by atoms with Gasteiger partial charge in [0.15, 0.2) is 0 Å². The Balaban J connectivity index is 2.06. The van der Waals surface area contributed by atoms with Crippen LogP contribution in [0.15, 0.2) is 24.3 Å². The smallest absolute Gasteiger partial charge is 0.353 e. The van der Waals surface area contributed by atoms with Gasteiger partial charge in [-0.3, -0.25) is 14.2 Å². The van der Waals surface area contributed by atoms with Crippen LogP contribution in [0.5, 0.6) is 0 Å². The van der Waals surface area contributed by atoms with E-state index in [1.807, 2.05) is 24.3 Å². The normalized spacial score (nSPS) is 17.1. The van der Waals surface area contributed by atoms with E-state index in [9.17, 15) is 9.59 Å². The summed E-state index contributed by atoms with van der Waals surface area (Å²) in [6.07, 6.45) is 0.0703. The van der Waals surface area contributed by atoms with Crippen molar-refractivity contribution >= 4 is 45.5 Å². The van der Waals surface area contributed by atoms with Gasteiger partial charge >= 0.3 is 12.0 Å². The lowest BCUT2D eigenvalue weighted by atomic mass is 10.1. The monoisotopic (exact) mass is 414 g/mol. The van der Waals surface area contributed by atoms with Gasteiger partial charge in [-0.15, -0.1) is 0 Å². The molecule has 7 heteroatoms. The minimum atomic E-state index is -0.471. The maximum absolute atomic E-state index is 12.5. The number of nitrogens with zero attached hydrogens (tertiary/aromatic N) is 2. The molecule has 0 radical (unpaired) electrons. The van der Waals surface area contributed by atoms with Gasteiger partial charge in [0.25, 0.3) is 0 Å². The molecule has 0 N–H and O–H groups in total. The Morgan fingerprint density at radius 1 is 1.36 bits per heavy atom. The number of carbonyl (C=O) groups is 2. The lowest BCUT2D eigenvalue weighted by molar-refractivity contribution is -0.151. The van der Waals surface area contributed by atoms with E-state index in [4.69, 9.17) is 9.57 Å². The Labute approximate surface area is 141 Å². The van der Waals surface area contributed by atoms with Crippen molar-refractivity contribution in [3.63, 3.8) is 0 Å². The van der Waals surface area contributed by atoms with Gasteiger partial charge in [0.2, 0.25) is 0 Å². The second kappa shape index (κ2) is 5.88. The molecule has 1 aromatic heterocycles. The number of hydrogen-bond donors (Lipinski definition) is 0. The van der Waals surface area contributed by atoms with E-state index in [0.717, 1.165) is 20.2 Å². The number of ether oxygens (including phenoxy) is 1. The number of halogens is 1. The first-order valence-corrected chi connectivity index (χ1v) is 7.99. The molecule has 2 heterocycles. The molecule has 1 amide bonds. The van der Waals surface area contributed by atoms with Crippen molar-refractivity contribution in [2.75, 3.05) is 13.7 Å². The Hall–Kier alpha value is -1.61. The molecule has 116 valence electrons. The maximum atomic E-state index is 12.5. The molecule has 1 aromatic carbocycles. The number of rotatable bonds is 4. The van der Waals surface area contributed by atoms with Crippen LogP contribution in [-0.4, -0.2) is 35.3 Å². The van der Waals surface area contributed by atoms with E-state index >= 15 is 0 Å². The van der Waals surface area contributed by atoms with Crippen LogP contribution < -0.4 is 0 Å². The molecule has 22 heavy (non-hydrogen) atoms. The number of carbonyl (C=O) groups excluding carboxylic acids is 2. The van der Waals surface area contributed by atoms with E-state index in [-0.39, 0.29) is 18.4 Å². The van der Waals surface area contributed by atoms with Gasteiger partial charge in [-0.05, 0) is 53.8 Å². The predicted octanol–water partition coefficient (Wildman–Crippen LogP) is 3.09. The zero-order chi connectivity index (χ0) is 15.9. The van der Waals surface area contributed by atoms with Gasteiger partial charge in [-0.2, -0.15) is 5.06 Å². The lowest BCUT2D eigenvalue weighted by Gasteiger charge is -2.20. The minimum Gasteiger partial charge on any atom is -0.466 e. The molecule has 0 saturated heterocycles. The van der Waals surface area contributed by atoms with Crippen LogP contribution in [0.3, 0.4) is 0 Å². The fourth-order valence-corrected chi connectivity index (χ4v) is 3.30. The van der Waals surface area contributed by atoms with Crippen molar-refractivity contribution in [2.24, 2.45) is 0 Å². The summed E-state index contributed by atoms with van der Waals surface area (Å²) in [7, 11) is 1.42. The average molecular weight is 414 g/mol. The van der Waals surface area contributed by atoms with Crippen LogP contribution >= 0.6 is 22.6 Å². The highest BCUT2D eigenvalue weighted by Gasteiger charge is 2.40. The van der Waals surface area contributed by atoms with Crippen molar-refractivity contribution in [2.45, 2.75) is 19.4 Å². The van der Waals surface area contributed by atoms with Gasteiger partial charge in [0.1, 0.15) is 6.04 Å². The van der Waals surface area contributed by atoms with Crippen molar-refractivity contribution in [1.29, 1.82) is 0 Å². The first-order chi connectivity index (χ1) is 10.6. The second-order valence-electron chi connectivity index (χ2n) is 4.92. The average Bonchev–Trinajstić information content (AvgIpc) is 2.95. The van der Waals surface area contributed by atoms with Gasteiger partial charge in [0, 0.05) is 8.96 Å². The summed E-state index contributed by atoms with van der Waals surface area (Å²) in [6, 6.07) is 7.02. The van der Waals surface area contributed by atoms with E-state index in [1.54, 1.807) is 11.5 Å². The quantitative estimate of drug-likeness (QED) is 0.570. The highest BCUT2D eigenvalue weighted by molar-refractivity contribution is 14.1. The van der Waals surface area contributed by atoms with Gasteiger partial charge in [-0.1, -0.05) is 0 Å². The van der Waals surface area contributed by atoms with Crippen molar-refractivity contribution in [3.05, 3.63) is 33.5 Å². The molecule has 0 bridgehead atoms. The maximum Gasteiger partial charge on any atom is 0.353 e. The lowest BCUT2D eigenvalue weighted by Crippen LogP contribution is -2.30. The van der Waals surface area contributed by atoms with E-state index in [0.29, 0.717) is 6.61 Å². The van der Waals surface area contributed by atoms with E-state index in [2.05, 4.69) is 22.6 Å². The number of hydrogen-bond acceptors (Lipinski definition) is 4. The molecule has 1 aliphatic heterocycles. The molecule has 0 saturated carbocycles. The standard InChI is InChI=1S/C15H15IN2O4/c1-3-22-14(19)8-13-12-7-9-6-10(16)4-5-11(9)17(12)15(20)18(13)21-2/h4-7,13H,3,8H2,1-2H3. The summed E-state index contributed by atoms with van der Waals surface area (Å²) in [5.74, 6) is -0.351. The fraction of sp³-hybridized carbons (Fsp3) is 0.333. The summed E-state index contributed by atoms with van der Waals surface area (Å²) >= 11 is 2.23. The van der Waals surface area contributed by atoms with Gasteiger partial charge in [0.05, 0.1) is 31.3 Å². The topological polar surface area (TPSA) is 60.8 Å². The number of esters is 1. The molecule has 1 atom stereocenters. The van der Waals surface area contributed by atoms with Crippen molar-refractivity contribution in [1.82, 2.24) is 9.63 Å². The molecule has 6 nitrogen and oxygen atoms in total. The summed E-state index contributed by atoms with van der Waals surface area (Å²) in [6.45, 7) is 2.07. The number of hydroxylamine groups is 2. The zero-order valence-electron chi connectivity index (χ0n) is 12.2. The third-order valence-corrected chi connectivity index (χ3v) is 4.33. The molecular formula is C15H15IN2O4. The number of benzene rings is 1. The third kappa shape index (κ3) is 2.38. The van der Waals surface area contributed by atoms with Gasteiger partial charge in [-0.25, -0.2) is 4.79 Å². The summed E-state index contributed by atoms with van der Waals surface area (Å²) in [5, 5.41) is 2.20. The summed E-state index contributed by atoms with van der Waals surface area (Å²) in [4.78, 5) is 29.5. The molecule has 0 spiro atoms. The number of amides is 1. The van der Waals surface area contributed by atoms with Crippen LogP contribution in [0.25, 0.3) is 10.9 Å². The Morgan fingerprint density at radius 3 is 2.82 bits per heavy atom. The van der Waals surface area contributed by atoms with E-state index in [1.165, 1.54) is 12.2 Å². The molecular weight excluding hydrogens is 399 g/mol. The molecule has 1 aliphatic rings. The number of aromatic nitrogens is 1. The molecule has 1 unspecified atom stereocenters. The number of fused-ring (bicyclic) bond motifs is 3. The first kappa shape index (κ1) is 15.3. The Bertz CT molecular complexity index is 755. The highest BCUT2D eigenvalue weighted by atomic mass is 127. The van der Waals surface area contributed by atoms with E-state index < -0.39 is 6.04 Å². The van der Waals surface area contributed by atoms with Crippen LogP contribution in [0.1, 0.15) is 25.1 Å². The highest BCUT2D eigenvalue weighted by Crippen LogP contribution is 2.37. The Morgan fingerprint density at radius 2 is 2.14 bits per heavy atom. The largest absolute Gasteiger partial charge is 0.466 e. The van der Waals surface area contributed by atoms with Crippen LogP contribution in [-0.2, 0) is 14.4 Å². The zero-order valence-corrected chi connectivity index (χ0v) is 14.4. The van der Waals surface area contributed by atoms with Crippen LogP contribution in [0, 0.1) is 3.57 Å². The minimum absolute atomic E-state index is 0.0703. The molecule has 0 aliphatic carbocycles. The summed E-state index contributed by atoms with van der Waals surface area (Å²) in [5.41, 5.74) is 1.56. The van der Waals surface area contributed by atoms with Crippen molar-refractivity contribution < 1.29 is 19.2 Å². The second-order valence-corrected chi connectivity index (χ2v) is 6.17. The molecule has 3 rings (SSSR count). The Kier molecular flexibility index (Phi) is 4.09. The van der Waals surface area contributed by atoms with Crippen molar-refractivity contribution in [3.8, 4) is 0 Å². The van der Waals surface area contributed by atoms with Crippen LogP contribution in [0.2, 0.25) is 0 Å². The predicted molar refractivity (Wildman–Crippen MR) is 88.3 cm³/mol. The SMILES string of the molecule is CCOC(=O)CC1c2cc3cc(I)ccc3n2C(=O)N1OC.